The Kier molecular flexibility index (Phi) is 4.94. The highest BCUT2D eigenvalue weighted by Crippen LogP contribution is 2.13. The van der Waals surface area contributed by atoms with Crippen molar-refractivity contribution in [2.75, 3.05) is 0 Å². The van der Waals surface area contributed by atoms with Crippen molar-refractivity contribution >= 4 is 50.6 Å². The molecule has 3 heteroatoms. The smallest absolute Gasteiger partial charge is 0.0843 e. The summed E-state index contributed by atoms with van der Waals surface area (Å²) in [6.07, 6.45) is 0. The van der Waals surface area contributed by atoms with Crippen LogP contribution < -0.4 is 0 Å². The number of hydrogen-bond donors (Lipinski definition) is 0. The topological polar surface area (TPSA) is 0 Å². The second kappa shape index (κ2) is 4.55. The largest absolute Gasteiger partial charge is 0.316 e. The Morgan fingerprint density at radius 3 is 1.89 bits per heavy atom. The lowest BCUT2D eigenvalue weighted by atomic mass is 10.4. The molecule has 1 aromatic carbocycles. The Balaban J connectivity index is 0.000000640. The molecule has 0 N–H and O–H groups in total. The van der Waals surface area contributed by atoms with E-state index in [1.54, 1.807) is 0 Å². The average Bonchev–Trinajstić information content (AvgIpc) is 1.77. The van der Waals surface area contributed by atoms with Crippen molar-refractivity contribution in [3.63, 3.8) is 0 Å². The van der Waals surface area contributed by atoms with Gasteiger partial charge in [-0.05, 0) is 24.3 Å². The molecule has 0 atom stereocenters. The highest BCUT2D eigenvalue weighted by molar-refractivity contribution is 9.10. The quantitative estimate of drug-likeness (QED) is 0.585. The predicted octanol–water partition coefficient (Wildman–Crippen LogP) is 2.19. The van der Waals surface area contributed by atoms with E-state index in [4.69, 9.17) is 11.6 Å². The van der Waals surface area contributed by atoms with E-state index in [2.05, 4.69) is 15.9 Å². The molecule has 0 radical (unpaired) electrons. The molecular formula is C6H6BrClMg. The van der Waals surface area contributed by atoms with Gasteiger partial charge in [-0.2, -0.15) is 0 Å². The molecule has 1 rings (SSSR count). The van der Waals surface area contributed by atoms with Gasteiger partial charge < -0.3 is 0 Å². The van der Waals surface area contributed by atoms with Gasteiger partial charge in [-0.1, -0.05) is 27.5 Å². The normalized spacial score (nSPS) is 8.22. The molecule has 1 aromatic rings. The molecule has 0 saturated heterocycles. The van der Waals surface area contributed by atoms with Crippen LogP contribution in [0.3, 0.4) is 0 Å². The van der Waals surface area contributed by atoms with Crippen LogP contribution in [0.15, 0.2) is 28.7 Å². The van der Waals surface area contributed by atoms with Gasteiger partial charge in [0.25, 0.3) is 0 Å². The fourth-order valence-corrected chi connectivity index (χ4v) is 0.820. The Bertz CT molecular complexity index is 152. The summed E-state index contributed by atoms with van der Waals surface area (Å²) in [5.41, 5.74) is 0. The van der Waals surface area contributed by atoms with Crippen molar-refractivity contribution in [1.29, 1.82) is 0 Å². The first kappa shape index (κ1) is 9.76. The minimum absolute atomic E-state index is 0. The SMILES string of the molecule is Clc1ccc(Br)cc1.[MgH2]. The summed E-state index contributed by atoms with van der Waals surface area (Å²) in [6.45, 7) is 0. The van der Waals surface area contributed by atoms with Crippen LogP contribution in [0.5, 0.6) is 0 Å². The molecule has 0 saturated carbocycles. The summed E-state index contributed by atoms with van der Waals surface area (Å²) in [6, 6.07) is 7.49. The van der Waals surface area contributed by atoms with Gasteiger partial charge in [-0.15, -0.1) is 0 Å². The molecule has 0 nitrogen and oxygen atoms in total. The lowest BCUT2D eigenvalue weighted by molar-refractivity contribution is 1.65. The zero-order chi connectivity index (χ0) is 5.98. The molecule has 9 heavy (non-hydrogen) atoms. The highest BCUT2D eigenvalue weighted by atomic mass is 79.9. The average molecular weight is 218 g/mol. The molecule has 0 bridgehead atoms. The van der Waals surface area contributed by atoms with Crippen molar-refractivity contribution in [2.45, 2.75) is 0 Å². The zero-order valence-electron chi connectivity index (χ0n) is 4.07. The van der Waals surface area contributed by atoms with Gasteiger partial charge in [0, 0.05) is 9.50 Å². The van der Waals surface area contributed by atoms with Crippen LogP contribution in [0.4, 0.5) is 0 Å². The summed E-state index contributed by atoms with van der Waals surface area (Å²) in [5, 5.41) is 0.771. The summed E-state index contributed by atoms with van der Waals surface area (Å²) in [4.78, 5) is 0. The number of hydrogen-bond acceptors (Lipinski definition) is 0. The van der Waals surface area contributed by atoms with Crippen LogP contribution in [0.2, 0.25) is 5.02 Å². The first-order valence-electron chi connectivity index (χ1n) is 2.20. The Labute approximate surface area is 83.9 Å². The predicted molar refractivity (Wildman–Crippen MR) is 47.7 cm³/mol. The summed E-state index contributed by atoms with van der Waals surface area (Å²) < 4.78 is 1.06. The lowest BCUT2D eigenvalue weighted by Gasteiger charge is -1.86. The van der Waals surface area contributed by atoms with Crippen LogP contribution >= 0.6 is 27.5 Å². The maximum Gasteiger partial charge on any atom is 0.316 e. The van der Waals surface area contributed by atoms with E-state index in [-0.39, 0.29) is 23.1 Å². The molecule has 0 aliphatic carbocycles. The van der Waals surface area contributed by atoms with E-state index >= 15 is 0 Å². The minimum Gasteiger partial charge on any atom is -0.0843 e. The highest BCUT2D eigenvalue weighted by Gasteiger charge is 1.83. The molecule has 0 heterocycles. The second-order valence-corrected chi connectivity index (χ2v) is 2.79. The monoisotopic (exact) mass is 216 g/mol. The van der Waals surface area contributed by atoms with E-state index in [0.29, 0.717) is 0 Å². The third-order valence-electron chi connectivity index (χ3n) is 0.804. The molecule has 0 aromatic heterocycles. The van der Waals surface area contributed by atoms with Gasteiger partial charge in [0.2, 0.25) is 0 Å². The standard InChI is InChI=1S/C6H4BrCl.Mg.2H/c7-5-1-3-6(8)4-2-5;;;/h1-4H;;;. The van der Waals surface area contributed by atoms with Crippen LogP contribution in [-0.4, -0.2) is 23.1 Å². The first-order valence-corrected chi connectivity index (χ1v) is 3.37. The van der Waals surface area contributed by atoms with Crippen LogP contribution in [0, 0.1) is 0 Å². The Morgan fingerprint density at radius 1 is 1.11 bits per heavy atom. The van der Waals surface area contributed by atoms with Gasteiger partial charge in [-0.25, -0.2) is 0 Å². The molecular weight excluding hydrogens is 212 g/mol. The van der Waals surface area contributed by atoms with Crippen LogP contribution in [-0.2, 0) is 0 Å². The minimum atomic E-state index is 0. The van der Waals surface area contributed by atoms with Gasteiger partial charge in [0.05, 0.1) is 0 Å². The van der Waals surface area contributed by atoms with E-state index in [1.165, 1.54) is 0 Å². The fraction of sp³-hybridized carbons (Fsp3) is 0. The van der Waals surface area contributed by atoms with Crippen molar-refractivity contribution < 1.29 is 0 Å². The van der Waals surface area contributed by atoms with E-state index in [1.807, 2.05) is 24.3 Å². The van der Waals surface area contributed by atoms with E-state index < -0.39 is 0 Å². The van der Waals surface area contributed by atoms with Gasteiger partial charge in [-0.3, -0.25) is 0 Å². The molecule has 0 aliphatic heterocycles. The van der Waals surface area contributed by atoms with Crippen LogP contribution in [0.25, 0.3) is 0 Å². The first-order chi connectivity index (χ1) is 3.79. The van der Waals surface area contributed by atoms with E-state index in [0.717, 1.165) is 9.50 Å². The second-order valence-electron chi connectivity index (χ2n) is 1.44. The van der Waals surface area contributed by atoms with Crippen molar-refractivity contribution in [2.24, 2.45) is 0 Å². The van der Waals surface area contributed by atoms with Crippen molar-refractivity contribution in [1.82, 2.24) is 0 Å². The van der Waals surface area contributed by atoms with Crippen molar-refractivity contribution in [3.05, 3.63) is 33.8 Å². The Hall–Kier alpha value is 0.756. The van der Waals surface area contributed by atoms with Crippen molar-refractivity contribution in [3.8, 4) is 0 Å². The fourth-order valence-electron chi connectivity index (χ4n) is 0.430. The lowest BCUT2D eigenvalue weighted by Crippen LogP contribution is -1.61. The zero-order valence-corrected chi connectivity index (χ0v) is 6.41. The summed E-state index contributed by atoms with van der Waals surface area (Å²) in [5.74, 6) is 0. The number of halogens is 2. The number of benzene rings is 1. The molecule has 0 fully saturated rings. The van der Waals surface area contributed by atoms with Crippen LogP contribution in [0.1, 0.15) is 0 Å². The maximum atomic E-state index is 5.59. The maximum absolute atomic E-state index is 5.59. The Morgan fingerprint density at radius 2 is 1.56 bits per heavy atom. The van der Waals surface area contributed by atoms with Gasteiger partial charge >= 0.3 is 23.1 Å². The molecule has 46 valence electrons. The summed E-state index contributed by atoms with van der Waals surface area (Å²) >= 11 is 8.88. The summed E-state index contributed by atoms with van der Waals surface area (Å²) in [7, 11) is 0. The molecule has 0 aliphatic rings. The van der Waals surface area contributed by atoms with Gasteiger partial charge in [0.1, 0.15) is 0 Å². The molecule has 0 unspecified atom stereocenters. The molecule has 0 spiro atoms. The third-order valence-corrected chi connectivity index (χ3v) is 1.58. The van der Waals surface area contributed by atoms with Gasteiger partial charge in [0.15, 0.2) is 0 Å². The van der Waals surface area contributed by atoms with E-state index in [9.17, 15) is 0 Å². The molecule has 0 amide bonds. The number of rotatable bonds is 0. The third kappa shape index (κ3) is 3.45.